The minimum absolute atomic E-state index is 0.0578. The van der Waals surface area contributed by atoms with Crippen LogP contribution in [0.15, 0.2) is 41.3 Å². The number of carbonyl (C=O) groups is 1. The van der Waals surface area contributed by atoms with Crippen molar-refractivity contribution in [3.05, 3.63) is 42.0 Å². The number of fused-ring (bicyclic) bond motifs is 1. The summed E-state index contributed by atoms with van der Waals surface area (Å²) in [5.74, 6) is 0.511. The van der Waals surface area contributed by atoms with E-state index in [9.17, 15) is 13.2 Å². The highest BCUT2D eigenvalue weighted by Gasteiger charge is 2.28. The Bertz CT molecular complexity index is 1140. The van der Waals surface area contributed by atoms with Gasteiger partial charge in [-0.3, -0.25) is 4.79 Å². The van der Waals surface area contributed by atoms with Crippen LogP contribution in [0.5, 0.6) is 11.5 Å². The Balaban J connectivity index is 1.50. The second-order valence-corrected chi connectivity index (χ2v) is 10.2. The lowest BCUT2D eigenvalue weighted by Crippen LogP contribution is -2.37. The fourth-order valence-corrected chi connectivity index (χ4v) is 5.95. The van der Waals surface area contributed by atoms with Crippen molar-refractivity contribution in [2.75, 3.05) is 56.4 Å². The minimum Gasteiger partial charge on any atom is -0.454 e. The van der Waals surface area contributed by atoms with Gasteiger partial charge in [0.05, 0.1) is 35.0 Å². The van der Waals surface area contributed by atoms with Crippen LogP contribution in [0.3, 0.4) is 0 Å². The summed E-state index contributed by atoms with van der Waals surface area (Å²) in [4.78, 5) is 15.5. The van der Waals surface area contributed by atoms with Crippen molar-refractivity contribution in [2.45, 2.75) is 24.2 Å². The van der Waals surface area contributed by atoms with Gasteiger partial charge in [0.1, 0.15) is 0 Å². The fraction of sp³-hybridized carbons (Fsp3) is 0.435. The van der Waals surface area contributed by atoms with E-state index in [2.05, 4.69) is 10.2 Å². The molecule has 0 bridgehead atoms. The number of ether oxygens (including phenoxy) is 3. The highest BCUT2D eigenvalue weighted by Crippen LogP contribution is 2.37. The van der Waals surface area contributed by atoms with Gasteiger partial charge < -0.3 is 24.4 Å². The molecule has 0 aliphatic carbocycles. The molecule has 9 nitrogen and oxygen atoms in total. The maximum atomic E-state index is 13.3. The van der Waals surface area contributed by atoms with Gasteiger partial charge in [-0.05, 0) is 43.2 Å². The maximum absolute atomic E-state index is 13.3. The molecule has 0 spiro atoms. The van der Waals surface area contributed by atoms with Gasteiger partial charge in [0.2, 0.25) is 16.8 Å². The summed E-state index contributed by atoms with van der Waals surface area (Å²) in [7, 11) is -3.65. The Labute approximate surface area is 193 Å². The smallest absolute Gasteiger partial charge is 0.259 e. The van der Waals surface area contributed by atoms with E-state index in [0.717, 1.165) is 24.9 Å². The zero-order chi connectivity index (χ0) is 22.8. The predicted octanol–water partition coefficient (Wildman–Crippen LogP) is 2.68. The normalized spacial score (nSPS) is 18.8. The molecular weight excluding hydrogens is 446 g/mol. The number of rotatable bonds is 5. The molecule has 1 amide bonds. The van der Waals surface area contributed by atoms with E-state index in [1.807, 2.05) is 0 Å². The summed E-state index contributed by atoms with van der Waals surface area (Å²) >= 11 is 0. The Kier molecular flexibility index (Phi) is 6.13. The van der Waals surface area contributed by atoms with E-state index in [1.165, 1.54) is 4.31 Å². The van der Waals surface area contributed by atoms with Crippen molar-refractivity contribution in [2.24, 2.45) is 0 Å². The third-order valence-corrected chi connectivity index (χ3v) is 8.06. The summed E-state index contributed by atoms with van der Waals surface area (Å²) in [5, 5.41) is 2.93. The number of piperidine rings is 1. The number of nitrogens with one attached hydrogen (secondary N) is 1. The van der Waals surface area contributed by atoms with Crippen LogP contribution in [0, 0.1) is 0 Å². The van der Waals surface area contributed by atoms with Crippen LogP contribution in [-0.4, -0.2) is 64.8 Å². The van der Waals surface area contributed by atoms with Gasteiger partial charge in [0.25, 0.3) is 5.91 Å². The molecule has 2 saturated heterocycles. The van der Waals surface area contributed by atoms with E-state index in [1.54, 1.807) is 36.4 Å². The molecule has 2 aromatic rings. The van der Waals surface area contributed by atoms with E-state index in [4.69, 9.17) is 14.2 Å². The molecule has 0 unspecified atom stereocenters. The zero-order valence-electron chi connectivity index (χ0n) is 18.3. The van der Waals surface area contributed by atoms with Crippen molar-refractivity contribution >= 4 is 27.3 Å². The molecule has 2 aromatic carbocycles. The van der Waals surface area contributed by atoms with Crippen LogP contribution >= 0.6 is 0 Å². The summed E-state index contributed by atoms with van der Waals surface area (Å²) in [6.45, 7) is 3.53. The van der Waals surface area contributed by atoms with Gasteiger partial charge in [-0.1, -0.05) is 12.5 Å². The highest BCUT2D eigenvalue weighted by atomic mass is 32.2. The lowest BCUT2D eigenvalue weighted by atomic mass is 10.1. The molecule has 0 atom stereocenters. The van der Waals surface area contributed by atoms with Gasteiger partial charge in [-0.25, -0.2) is 8.42 Å². The number of anilines is 2. The van der Waals surface area contributed by atoms with E-state index in [0.29, 0.717) is 62.1 Å². The summed E-state index contributed by atoms with van der Waals surface area (Å²) in [5.41, 5.74) is 1.53. The predicted molar refractivity (Wildman–Crippen MR) is 123 cm³/mol. The number of hydrogen-bond acceptors (Lipinski definition) is 7. The molecule has 176 valence electrons. The average Bonchev–Trinajstić information content (AvgIpc) is 3.34. The Morgan fingerprint density at radius 1 is 0.939 bits per heavy atom. The van der Waals surface area contributed by atoms with Gasteiger partial charge in [-0.15, -0.1) is 0 Å². The van der Waals surface area contributed by atoms with Crippen LogP contribution in [-0.2, 0) is 14.8 Å². The van der Waals surface area contributed by atoms with Gasteiger partial charge in [0.15, 0.2) is 11.5 Å². The van der Waals surface area contributed by atoms with Crippen molar-refractivity contribution < 1.29 is 27.4 Å². The number of sulfonamides is 1. The van der Waals surface area contributed by atoms with Crippen molar-refractivity contribution in [1.82, 2.24) is 4.31 Å². The second kappa shape index (κ2) is 9.20. The molecule has 10 heteroatoms. The van der Waals surface area contributed by atoms with E-state index >= 15 is 0 Å². The number of morpholine rings is 1. The first-order valence-electron chi connectivity index (χ1n) is 11.2. The minimum atomic E-state index is -3.65. The molecule has 5 rings (SSSR count). The van der Waals surface area contributed by atoms with Crippen LogP contribution < -0.4 is 19.7 Å². The summed E-state index contributed by atoms with van der Waals surface area (Å²) in [6, 6.07) is 10.1. The lowest BCUT2D eigenvalue weighted by molar-refractivity contribution is 0.102. The third kappa shape index (κ3) is 4.38. The molecule has 2 fully saturated rings. The number of carbonyl (C=O) groups excluding carboxylic acids is 1. The number of benzene rings is 2. The van der Waals surface area contributed by atoms with Crippen LogP contribution in [0.1, 0.15) is 29.6 Å². The van der Waals surface area contributed by atoms with Crippen molar-refractivity contribution in [3.63, 3.8) is 0 Å². The average molecular weight is 474 g/mol. The number of para-hydroxylation sites is 1. The fourth-order valence-electron chi connectivity index (χ4n) is 4.41. The van der Waals surface area contributed by atoms with E-state index < -0.39 is 10.0 Å². The zero-order valence-corrected chi connectivity index (χ0v) is 19.1. The quantitative estimate of drug-likeness (QED) is 0.713. The molecule has 3 heterocycles. The van der Waals surface area contributed by atoms with Gasteiger partial charge >= 0.3 is 0 Å². The molecule has 0 radical (unpaired) electrons. The molecule has 3 aliphatic rings. The molecule has 33 heavy (non-hydrogen) atoms. The molecule has 0 aromatic heterocycles. The maximum Gasteiger partial charge on any atom is 0.259 e. The number of hydrogen-bond donors (Lipinski definition) is 1. The molecular formula is C23H27N3O6S. The number of nitrogens with zero attached hydrogens (tertiary/aromatic N) is 2. The van der Waals surface area contributed by atoms with Crippen molar-refractivity contribution in [3.8, 4) is 11.5 Å². The Morgan fingerprint density at radius 2 is 1.73 bits per heavy atom. The van der Waals surface area contributed by atoms with Gasteiger partial charge in [-0.2, -0.15) is 4.31 Å². The largest absolute Gasteiger partial charge is 0.454 e. The standard InChI is InChI=1S/C23H27N3O6S/c27-23(18-5-4-6-21-22(18)32-16-31-21)24-19-15-17(33(28,29)26-9-2-1-3-10-26)7-8-20(19)25-11-13-30-14-12-25/h4-8,15H,1-3,9-14,16H2,(H,24,27). The second-order valence-electron chi connectivity index (χ2n) is 8.24. The first-order chi connectivity index (χ1) is 16.0. The summed E-state index contributed by atoms with van der Waals surface area (Å²) < 4.78 is 44.4. The Morgan fingerprint density at radius 3 is 2.52 bits per heavy atom. The van der Waals surface area contributed by atoms with Gasteiger partial charge in [0, 0.05) is 26.2 Å². The first kappa shape index (κ1) is 22.0. The van der Waals surface area contributed by atoms with Crippen LogP contribution in [0.4, 0.5) is 11.4 Å². The third-order valence-electron chi connectivity index (χ3n) is 6.16. The topological polar surface area (TPSA) is 97.4 Å². The van der Waals surface area contributed by atoms with Crippen LogP contribution in [0.2, 0.25) is 0 Å². The molecule has 1 N–H and O–H groups in total. The van der Waals surface area contributed by atoms with Crippen LogP contribution in [0.25, 0.3) is 0 Å². The SMILES string of the molecule is O=C(Nc1cc(S(=O)(=O)N2CCCCC2)ccc1N1CCOCC1)c1cccc2c1OCO2. The molecule has 0 saturated carbocycles. The lowest BCUT2D eigenvalue weighted by Gasteiger charge is -2.31. The van der Waals surface area contributed by atoms with E-state index in [-0.39, 0.29) is 17.6 Å². The first-order valence-corrected chi connectivity index (χ1v) is 12.6. The number of amides is 1. The monoisotopic (exact) mass is 473 g/mol. The Hall–Kier alpha value is -2.82. The van der Waals surface area contributed by atoms with Crippen molar-refractivity contribution in [1.29, 1.82) is 0 Å². The molecule has 3 aliphatic heterocycles. The summed E-state index contributed by atoms with van der Waals surface area (Å²) in [6.07, 6.45) is 2.75. The highest BCUT2D eigenvalue weighted by molar-refractivity contribution is 7.89.